The number of hydrogen-bond donors (Lipinski definition) is 1. The molecule has 0 bridgehead atoms. The fraction of sp³-hybridized carbons (Fsp3) is 0.900. The summed E-state index contributed by atoms with van der Waals surface area (Å²) in [4.78, 5) is 11.4. The Hall–Kier alpha value is -0.280. The lowest BCUT2D eigenvalue weighted by Gasteiger charge is -2.22. The minimum Gasteiger partial charge on any atom is -0.459 e. The molecule has 0 amide bonds. The van der Waals surface area contributed by atoms with Crippen molar-refractivity contribution in [3.63, 3.8) is 0 Å². The molecule has 0 spiro atoms. The van der Waals surface area contributed by atoms with Crippen molar-refractivity contribution in [2.75, 3.05) is 12.4 Å². The number of rotatable bonds is 5. The molecule has 0 heterocycles. The van der Waals surface area contributed by atoms with E-state index in [0.29, 0.717) is 5.88 Å². The highest BCUT2D eigenvalue weighted by atomic mass is 35.5. The SMILES string of the molecule is C[C@H](NCCCCl)C(=O)OC(C)(C)C. The van der Waals surface area contributed by atoms with Crippen LogP contribution in [0.25, 0.3) is 0 Å². The predicted molar refractivity (Wildman–Crippen MR) is 58.6 cm³/mol. The molecule has 0 aliphatic carbocycles. The van der Waals surface area contributed by atoms with Crippen molar-refractivity contribution in [1.82, 2.24) is 5.32 Å². The van der Waals surface area contributed by atoms with E-state index in [2.05, 4.69) is 5.32 Å². The first kappa shape index (κ1) is 13.7. The molecule has 3 nitrogen and oxygen atoms in total. The number of ether oxygens (including phenoxy) is 1. The van der Waals surface area contributed by atoms with Gasteiger partial charge < -0.3 is 10.1 Å². The molecule has 0 unspecified atom stereocenters. The van der Waals surface area contributed by atoms with Crippen molar-refractivity contribution in [2.45, 2.75) is 45.8 Å². The molecular weight excluding hydrogens is 202 g/mol. The molecule has 0 aromatic carbocycles. The van der Waals surface area contributed by atoms with Gasteiger partial charge in [-0.2, -0.15) is 0 Å². The van der Waals surface area contributed by atoms with Gasteiger partial charge in [0.1, 0.15) is 11.6 Å². The molecule has 14 heavy (non-hydrogen) atoms. The minimum atomic E-state index is -0.417. The third kappa shape index (κ3) is 7.15. The van der Waals surface area contributed by atoms with Crippen LogP contribution < -0.4 is 5.32 Å². The smallest absolute Gasteiger partial charge is 0.323 e. The second-order valence-corrected chi connectivity index (χ2v) is 4.63. The molecule has 0 rings (SSSR count). The van der Waals surface area contributed by atoms with E-state index in [0.717, 1.165) is 13.0 Å². The van der Waals surface area contributed by atoms with Gasteiger partial charge in [-0.1, -0.05) is 0 Å². The first-order valence-electron chi connectivity index (χ1n) is 4.89. The van der Waals surface area contributed by atoms with E-state index < -0.39 is 5.60 Å². The zero-order valence-electron chi connectivity index (χ0n) is 9.39. The van der Waals surface area contributed by atoms with Crippen LogP contribution in [-0.4, -0.2) is 30.0 Å². The van der Waals surface area contributed by atoms with Gasteiger partial charge in [-0.25, -0.2) is 0 Å². The number of alkyl halides is 1. The lowest BCUT2D eigenvalue weighted by Crippen LogP contribution is -2.39. The van der Waals surface area contributed by atoms with E-state index in [1.165, 1.54) is 0 Å². The van der Waals surface area contributed by atoms with Crippen LogP contribution in [0.5, 0.6) is 0 Å². The zero-order chi connectivity index (χ0) is 11.2. The maximum absolute atomic E-state index is 11.4. The summed E-state index contributed by atoms with van der Waals surface area (Å²) in [6.45, 7) is 8.11. The molecule has 0 aliphatic heterocycles. The third-order valence-corrected chi connectivity index (χ3v) is 1.79. The molecular formula is C10H20ClNO2. The molecule has 0 radical (unpaired) electrons. The molecule has 0 saturated heterocycles. The first-order valence-corrected chi connectivity index (χ1v) is 5.42. The normalized spacial score (nSPS) is 13.8. The van der Waals surface area contributed by atoms with Crippen molar-refractivity contribution < 1.29 is 9.53 Å². The van der Waals surface area contributed by atoms with Crippen LogP contribution in [0.15, 0.2) is 0 Å². The van der Waals surface area contributed by atoms with Crippen molar-refractivity contribution in [2.24, 2.45) is 0 Å². The highest BCUT2D eigenvalue weighted by Gasteiger charge is 2.20. The summed E-state index contributed by atoms with van der Waals surface area (Å²) < 4.78 is 5.20. The number of hydrogen-bond acceptors (Lipinski definition) is 3. The number of nitrogens with one attached hydrogen (secondary N) is 1. The van der Waals surface area contributed by atoms with E-state index in [1.807, 2.05) is 20.8 Å². The number of carbonyl (C=O) groups is 1. The summed E-state index contributed by atoms with van der Waals surface area (Å²) in [7, 11) is 0. The third-order valence-electron chi connectivity index (χ3n) is 1.52. The van der Waals surface area contributed by atoms with Crippen LogP contribution in [0.1, 0.15) is 34.1 Å². The zero-order valence-corrected chi connectivity index (χ0v) is 10.1. The predicted octanol–water partition coefficient (Wildman–Crippen LogP) is 1.94. The van der Waals surface area contributed by atoms with Crippen molar-refractivity contribution in [3.05, 3.63) is 0 Å². The van der Waals surface area contributed by atoms with Gasteiger partial charge in [0, 0.05) is 5.88 Å². The summed E-state index contributed by atoms with van der Waals surface area (Å²) in [5.74, 6) is 0.390. The average Bonchev–Trinajstić information content (AvgIpc) is 2.01. The molecule has 0 saturated carbocycles. The molecule has 0 aromatic heterocycles. The first-order chi connectivity index (χ1) is 6.37. The molecule has 1 N–H and O–H groups in total. The summed E-state index contributed by atoms with van der Waals surface area (Å²) in [6.07, 6.45) is 0.856. The van der Waals surface area contributed by atoms with Crippen molar-refractivity contribution >= 4 is 17.6 Å². The highest BCUT2D eigenvalue weighted by molar-refractivity contribution is 6.17. The standard InChI is InChI=1S/C10H20ClNO2/c1-8(12-7-5-6-11)9(13)14-10(2,3)4/h8,12H,5-7H2,1-4H3/t8-/m0/s1. The lowest BCUT2D eigenvalue weighted by molar-refractivity contribution is -0.156. The van der Waals surface area contributed by atoms with Gasteiger partial charge in [-0.15, -0.1) is 11.6 Å². The van der Waals surface area contributed by atoms with Gasteiger partial charge in [0.25, 0.3) is 0 Å². The van der Waals surface area contributed by atoms with E-state index in [4.69, 9.17) is 16.3 Å². The van der Waals surface area contributed by atoms with Gasteiger partial charge in [-0.05, 0) is 40.7 Å². The van der Waals surface area contributed by atoms with Gasteiger partial charge in [0.05, 0.1) is 0 Å². The summed E-state index contributed by atoms with van der Waals surface area (Å²) in [5, 5.41) is 3.05. The highest BCUT2D eigenvalue weighted by Crippen LogP contribution is 2.08. The van der Waals surface area contributed by atoms with Gasteiger partial charge in [0.2, 0.25) is 0 Å². The second kappa shape index (κ2) is 6.25. The largest absolute Gasteiger partial charge is 0.459 e. The second-order valence-electron chi connectivity index (χ2n) is 4.25. The Morgan fingerprint density at radius 2 is 2.07 bits per heavy atom. The number of carbonyl (C=O) groups excluding carboxylic acids is 1. The fourth-order valence-electron chi connectivity index (χ4n) is 0.859. The Morgan fingerprint density at radius 1 is 1.50 bits per heavy atom. The Morgan fingerprint density at radius 3 is 2.50 bits per heavy atom. The van der Waals surface area contributed by atoms with Gasteiger partial charge in [-0.3, -0.25) is 4.79 Å². The molecule has 0 aliphatic rings. The summed E-state index contributed by atoms with van der Waals surface area (Å²) >= 11 is 5.51. The van der Waals surface area contributed by atoms with Crippen LogP contribution in [0.2, 0.25) is 0 Å². The van der Waals surface area contributed by atoms with Gasteiger partial charge >= 0.3 is 5.97 Å². The Labute approximate surface area is 91.2 Å². The Balaban J connectivity index is 3.77. The topological polar surface area (TPSA) is 38.3 Å². The van der Waals surface area contributed by atoms with Gasteiger partial charge in [0.15, 0.2) is 0 Å². The molecule has 4 heteroatoms. The van der Waals surface area contributed by atoms with E-state index in [1.54, 1.807) is 6.92 Å². The Kier molecular flexibility index (Phi) is 6.12. The van der Waals surface area contributed by atoms with Crippen LogP contribution in [0.3, 0.4) is 0 Å². The lowest BCUT2D eigenvalue weighted by atomic mass is 10.2. The average molecular weight is 222 g/mol. The molecule has 84 valence electrons. The molecule has 1 atom stereocenters. The Bertz CT molecular complexity index is 177. The van der Waals surface area contributed by atoms with Crippen LogP contribution in [0.4, 0.5) is 0 Å². The maximum Gasteiger partial charge on any atom is 0.323 e. The van der Waals surface area contributed by atoms with E-state index in [9.17, 15) is 4.79 Å². The molecule has 0 fully saturated rings. The van der Waals surface area contributed by atoms with Crippen molar-refractivity contribution in [1.29, 1.82) is 0 Å². The summed E-state index contributed by atoms with van der Waals surface area (Å²) in [5.41, 5.74) is -0.417. The van der Waals surface area contributed by atoms with Crippen LogP contribution in [-0.2, 0) is 9.53 Å². The minimum absolute atomic E-state index is 0.216. The summed E-state index contributed by atoms with van der Waals surface area (Å²) in [6, 6.07) is -0.266. The quantitative estimate of drug-likeness (QED) is 0.438. The van der Waals surface area contributed by atoms with Crippen LogP contribution in [0, 0.1) is 0 Å². The van der Waals surface area contributed by atoms with E-state index in [-0.39, 0.29) is 12.0 Å². The fourth-order valence-corrected chi connectivity index (χ4v) is 0.993. The monoisotopic (exact) mass is 221 g/mol. The molecule has 0 aromatic rings. The van der Waals surface area contributed by atoms with E-state index >= 15 is 0 Å². The number of esters is 1. The number of halogens is 1. The maximum atomic E-state index is 11.4. The van der Waals surface area contributed by atoms with Crippen molar-refractivity contribution in [3.8, 4) is 0 Å². The van der Waals surface area contributed by atoms with Crippen LogP contribution >= 0.6 is 11.6 Å².